The standard InChI is InChI=1S/C40H75N3O12/c1-15-29-39(10,48)33(45)26(6)43(13)19-22(2)17-37(8,47)34(55-36-31(44)28(42(11)12)16-23(3)51-36)24(4)32(25(5)35(46)53-29)54-30-18-38(9,49-14)40(27(7)52-30)20-41-21-50-40/h22-34,36,41,44-45,47-48H,15-21H2,1-14H3/t22-,23-,24+,25-,26-,27+,28+,29-,30?,31-,32+,33-,34-,36+,37-,38-,39-,40+/m1/s1. The van der Waals surface area contributed by atoms with Gasteiger partial charge in [0, 0.05) is 44.6 Å². The van der Waals surface area contributed by atoms with Crippen molar-refractivity contribution in [2.75, 3.05) is 48.1 Å². The largest absolute Gasteiger partial charge is 0.459 e. The number of carbonyl (C=O) groups is 1. The maximum absolute atomic E-state index is 14.4. The highest BCUT2D eigenvalue weighted by atomic mass is 16.7. The predicted molar refractivity (Wildman–Crippen MR) is 205 cm³/mol. The lowest BCUT2D eigenvalue weighted by molar-refractivity contribution is -0.335. The van der Waals surface area contributed by atoms with E-state index in [0.29, 0.717) is 26.2 Å². The van der Waals surface area contributed by atoms with Gasteiger partial charge in [-0.05, 0) is 94.8 Å². The average molecular weight is 790 g/mol. The Morgan fingerprint density at radius 3 is 2.22 bits per heavy atom. The van der Waals surface area contributed by atoms with Crippen LogP contribution in [-0.4, -0.2) is 174 Å². The zero-order chi connectivity index (χ0) is 41.4. The number of methoxy groups -OCH3 is 1. The van der Waals surface area contributed by atoms with Crippen LogP contribution in [0.2, 0.25) is 0 Å². The van der Waals surface area contributed by atoms with Gasteiger partial charge in [-0.3, -0.25) is 10.1 Å². The summed E-state index contributed by atoms with van der Waals surface area (Å²) in [6.45, 7) is 19.5. The summed E-state index contributed by atoms with van der Waals surface area (Å²) < 4.78 is 45.0. The second-order valence-electron chi connectivity index (χ2n) is 18.2. The number of aliphatic hydroxyl groups is 4. The number of hydrogen-bond donors (Lipinski definition) is 5. The first kappa shape index (κ1) is 46.6. The summed E-state index contributed by atoms with van der Waals surface area (Å²) >= 11 is 0. The molecule has 15 heteroatoms. The maximum atomic E-state index is 14.4. The Hall–Kier alpha value is -1.05. The van der Waals surface area contributed by atoms with Crippen LogP contribution in [0.3, 0.4) is 0 Å². The summed E-state index contributed by atoms with van der Waals surface area (Å²) in [5.41, 5.74) is -4.97. The first-order valence-corrected chi connectivity index (χ1v) is 20.4. The Bertz CT molecular complexity index is 1250. The van der Waals surface area contributed by atoms with Crippen molar-refractivity contribution in [3.05, 3.63) is 0 Å². The molecule has 0 amide bonds. The summed E-state index contributed by atoms with van der Waals surface area (Å²) in [6.07, 6.45) is -6.73. The molecule has 0 aromatic rings. The van der Waals surface area contributed by atoms with Gasteiger partial charge in [0.2, 0.25) is 0 Å². The number of nitrogens with zero attached hydrogens (tertiary/aromatic N) is 2. The van der Waals surface area contributed by atoms with Crippen LogP contribution >= 0.6 is 0 Å². The third-order valence-corrected chi connectivity index (χ3v) is 13.5. The maximum Gasteiger partial charge on any atom is 0.311 e. The lowest BCUT2D eigenvalue weighted by Crippen LogP contribution is -2.68. The van der Waals surface area contributed by atoms with E-state index < -0.39 is 95.5 Å². The van der Waals surface area contributed by atoms with Crippen LogP contribution in [0, 0.1) is 17.8 Å². The number of aliphatic hydroxyl groups excluding tert-OH is 2. The summed E-state index contributed by atoms with van der Waals surface area (Å²) in [5.74, 6) is -2.50. The second kappa shape index (κ2) is 18.1. The molecule has 1 spiro atoms. The van der Waals surface area contributed by atoms with E-state index in [1.807, 2.05) is 72.5 Å². The van der Waals surface area contributed by atoms with Gasteiger partial charge in [-0.15, -0.1) is 0 Å². The second-order valence-corrected chi connectivity index (χ2v) is 18.2. The van der Waals surface area contributed by atoms with E-state index in [2.05, 4.69) is 5.32 Å². The monoisotopic (exact) mass is 790 g/mol. The van der Waals surface area contributed by atoms with E-state index in [1.165, 1.54) is 6.92 Å². The molecule has 0 radical (unpaired) electrons. The third kappa shape index (κ3) is 9.55. The number of carbonyl (C=O) groups excluding carboxylic acids is 1. The van der Waals surface area contributed by atoms with Gasteiger partial charge in [0.05, 0.1) is 42.7 Å². The highest BCUT2D eigenvalue weighted by molar-refractivity contribution is 5.73. The van der Waals surface area contributed by atoms with Gasteiger partial charge in [0.1, 0.15) is 35.1 Å². The molecular formula is C40H75N3O12. The summed E-state index contributed by atoms with van der Waals surface area (Å²) in [5, 5.41) is 50.8. The third-order valence-electron chi connectivity index (χ3n) is 13.5. The lowest BCUT2D eigenvalue weighted by Gasteiger charge is -2.53. The van der Waals surface area contributed by atoms with Crippen LogP contribution in [0.25, 0.3) is 0 Å². The summed E-state index contributed by atoms with van der Waals surface area (Å²) in [7, 11) is 7.29. The molecular weight excluding hydrogens is 714 g/mol. The molecule has 1 unspecified atom stereocenters. The van der Waals surface area contributed by atoms with Gasteiger partial charge in [-0.1, -0.05) is 20.8 Å². The zero-order valence-corrected chi connectivity index (χ0v) is 36.0. The quantitative estimate of drug-likeness (QED) is 0.236. The highest BCUT2D eigenvalue weighted by Crippen LogP contribution is 2.46. The van der Waals surface area contributed by atoms with Crippen molar-refractivity contribution < 1.29 is 58.4 Å². The SMILES string of the molecule is CC[C@H]1OC(=O)[C@H](C)[C@@H](OC2C[C@@](C)(OC)[C@]3(CNCO3)[C@H](C)O2)[C@H](C)[C@@H](O[C@@H]2O[C@H](C)C[C@H](N(C)C)[C@H]2O)[C@](C)(O)C[C@@H](C)CN(C)[C@H](C)[C@@H](O)[C@]1(C)O. The zero-order valence-electron chi connectivity index (χ0n) is 36.0. The van der Waals surface area contributed by atoms with Crippen LogP contribution in [-0.2, 0) is 38.0 Å². The van der Waals surface area contributed by atoms with Crippen LogP contribution in [0.4, 0.5) is 0 Å². The molecule has 4 aliphatic heterocycles. The Morgan fingerprint density at radius 2 is 1.65 bits per heavy atom. The number of nitrogens with one attached hydrogen (secondary N) is 1. The van der Waals surface area contributed by atoms with Gasteiger partial charge in [0.15, 0.2) is 12.6 Å². The molecule has 322 valence electrons. The van der Waals surface area contributed by atoms with Crippen LogP contribution in [0.5, 0.6) is 0 Å². The smallest absolute Gasteiger partial charge is 0.311 e. The fourth-order valence-electron chi connectivity index (χ4n) is 9.85. The number of esters is 1. The van der Waals surface area contributed by atoms with E-state index >= 15 is 0 Å². The average Bonchev–Trinajstić information content (AvgIpc) is 3.61. The molecule has 4 aliphatic rings. The molecule has 0 bridgehead atoms. The Labute approximate surface area is 329 Å². The van der Waals surface area contributed by atoms with Gasteiger partial charge in [0.25, 0.3) is 0 Å². The molecule has 18 atom stereocenters. The first-order valence-electron chi connectivity index (χ1n) is 20.4. The normalized spacial score (nSPS) is 50.1. The summed E-state index contributed by atoms with van der Waals surface area (Å²) in [6, 6.07) is -0.794. The molecule has 4 fully saturated rings. The van der Waals surface area contributed by atoms with E-state index in [-0.39, 0.29) is 37.3 Å². The van der Waals surface area contributed by atoms with E-state index in [0.717, 1.165) is 0 Å². The molecule has 4 saturated heterocycles. The minimum Gasteiger partial charge on any atom is -0.459 e. The van der Waals surface area contributed by atoms with Crippen molar-refractivity contribution in [1.29, 1.82) is 0 Å². The minimum absolute atomic E-state index is 0.133. The van der Waals surface area contributed by atoms with E-state index in [9.17, 15) is 25.2 Å². The highest BCUT2D eigenvalue weighted by Gasteiger charge is 2.61. The molecule has 0 aliphatic carbocycles. The minimum atomic E-state index is -1.79. The van der Waals surface area contributed by atoms with Crippen molar-refractivity contribution in [3.63, 3.8) is 0 Å². The topological polar surface area (TPSA) is 181 Å². The number of hydrogen-bond acceptors (Lipinski definition) is 15. The molecule has 0 aromatic heterocycles. The van der Waals surface area contributed by atoms with Crippen molar-refractivity contribution in [2.45, 2.75) is 185 Å². The van der Waals surface area contributed by atoms with E-state index in [4.69, 9.17) is 33.2 Å². The van der Waals surface area contributed by atoms with Gasteiger partial charge < -0.3 is 63.4 Å². The van der Waals surface area contributed by atoms with Crippen molar-refractivity contribution in [3.8, 4) is 0 Å². The Balaban J connectivity index is 1.82. The van der Waals surface area contributed by atoms with Gasteiger partial charge >= 0.3 is 5.97 Å². The fraction of sp³-hybridized carbons (Fsp3) is 0.975. The molecule has 0 saturated carbocycles. The molecule has 0 aromatic carbocycles. The van der Waals surface area contributed by atoms with E-state index in [1.54, 1.807) is 27.9 Å². The molecule has 4 rings (SSSR count). The number of cyclic esters (lactones) is 1. The van der Waals surface area contributed by atoms with Crippen molar-refractivity contribution in [1.82, 2.24) is 15.1 Å². The molecule has 5 N–H and O–H groups in total. The van der Waals surface area contributed by atoms with Crippen molar-refractivity contribution in [2.24, 2.45) is 17.8 Å². The van der Waals surface area contributed by atoms with Crippen LogP contribution in [0.1, 0.15) is 94.9 Å². The number of ether oxygens (including phenoxy) is 7. The molecule has 4 heterocycles. The van der Waals surface area contributed by atoms with Crippen LogP contribution < -0.4 is 5.32 Å². The Morgan fingerprint density at radius 1 is 1.00 bits per heavy atom. The Kier molecular flexibility index (Phi) is 15.3. The first-order chi connectivity index (χ1) is 25.5. The molecule has 15 nitrogen and oxygen atoms in total. The van der Waals surface area contributed by atoms with Gasteiger partial charge in [-0.2, -0.15) is 0 Å². The van der Waals surface area contributed by atoms with Crippen LogP contribution in [0.15, 0.2) is 0 Å². The predicted octanol–water partition coefficient (Wildman–Crippen LogP) is 1.86. The lowest BCUT2D eigenvalue weighted by atomic mass is 9.75. The fourth-order valence-corrected chi connectivity index (χ4v) is 9.85. The van der Waals surface area contributed by atoms with Gasteiger partial charge in [-0.25, -0.2) is 0 Å². The van der Waals surface area contributed by atoms with Crippen molar-refractivity contribution >= 4 is 5.97 Å². The summed E-state index contributed by atoms with van der Waals surface area (Å²) in [4.78, 5) is 18.2. The molecule has 55 heavy (non-hydrogen) atoms. The number of likely N-dealkylation sites (N-methyl/N-ethyl adjacent to an activating group) is 2. The number of rotatable bonds is 7.